The molecule has 5 aliphatic rings. The number of aryl methyl sites for hydroxylation is 1. The number of nitrogens with zero attached hydrogens (tertiary/aromatic N) is 3. The number of allylic oxidation sites excluding steroid dienone is 1. The molecule has 0 radical (unpaired) electrons. The SMILES string of the molecule is CN(C)CC1CCc2cc3c4cncc-4cc2C1=NCCc1cc2c([nH]cco1)C3=C(O)CC2=O. The van der Waals surface area contributed by atoms with Crippen LogP contribution in [0, 0.1) is 5.92 Å². The summed E-state index contributed by atoms with van der Waals surface area (Å²) in [6.07, 6.45) is 9.41. The van der Waals surface area contributed by atoms with E-state index in [2.05, 4.69) is 41.1 Å². The average Bonchev–Trinajstić information content (AvgIpc) is 3.19. The molecular weight excluding hydrogens is 440 g/mol. The van der Waals surface area contributed by atoms with Gasteiger partial charge in [-0.25, -0.2) is 0 Å². The van der Waals surface area contributed by atoms with Crippen LogP contribution in [-0.2, 0) is 12.8 Å². The maximum atomic E-state index is 13.1. The van der Waals surface area contributed by atoms with Crippen LogP contribution in [0.25, 0.3) is 16.7 Å². The third kappa shape index (κ3) is 3.76. The summed E-state index contributed by atoms with van der Waals surface area (Å²) in [5.74, 6) is 0.930. The Balaban J connectivity index is 1.71. The van der Waals surface area contributed by atoms with Crippen LogP contribution in [0.4, 0.5) is 0 Å². The molecule has 3 aliphatic carbocycles. The first-order valence-corrected chi connectivity index (χ1v) is 12.1. The minimum atomic E-state index is -0.141. The molecule has 0 spiro atoms. The minimum absolute atomic E-state index is 0.0492. The summed E-state index contributed by atoms with van der Waals surface area (Å²) in [4.78, 5) is 28.1. The van der Waals surface area contributed by atoms with Crippen molar-refractivity contribution in [3.05, 3.63) is 82.5 Å². The topological polar surface area (TPSA) is 94.7 Å². The fourth-order valence-electron chi connectivity index (χ4n) is 5.62. The molecule has 2 aliphatic heterocycles. The first-order valence-electron chi connectivity index (χ1n) is 12.1. The molecule has 178 valence electrons. The van der Waals surface area contributed by atoms with E-state index in [1.807, 2.05) is 12.4 Å². The second kappa shape index (κ2) is 8.50. The van der Waals surface area contributed by atoms with Crippen molar-refractivity contribution < 1.29 is 14.3 Å². The van der Waals surface area contributed by atoms with Crippen molar-refractivity contribution >= 4 is 17.1 Å². The lowest BCUT2D eigenvalue weighted by Gasteiger charge is -2.28. The number of hydrogen-bond acceptors (Lipinski definition) is 6. The summed E-state index contributed by atoms with van der Waals surface area (Å²) >= 11 is 0. The molecule has 0 fully saturated rings. The van der Waals surface area contributed by atoms with Crippen LogP contribution in [0.3, 0.4) is 0 Å². The van der Waals surface area contributed by atoms with Gasteiger partial charge in [-0.05, 0) is 61.8 Å². The van der Waals surface area contributed by atoms with E-state index >= 15 is 0 Å². The van der Waals surface area contributed by atoms with E-state index in [4.69, 9.17) is 9.41 Å². The summed E-state index contributed by atoms with van der Waals surface area (Å²) in [5, 5.41) is 11.2. The predicted octanol–water partition coefficient (Wildman–Crippen LogP) is 4.60. The van der Waals surface area contributed by atoms with Gasteiger partial charge in [0.1, 0.15) is 17.8 Å². The number of Topliss-reactive ketones (excluding diaryl/α,β-unsaturated/α-hetero) is 1. The summed E-state index contributed by atoms with van der Waals surface area (Å²) < 4.78 is 5.84. The molecule has 2 N–H and O–H groups in total. The zero-order valence-corrected chi connectivity index (χ0v) is 20.0. The van der Waals surface area contributed by atoms with Crippen molar-refractivity contribution in [1.29, 1.82) is 0 Å². The van der Waals surface area contributed by atoms with E-state index in [1.54, 1.807) is 18.5 Å². The largest absolute Gasteiger partial charge is 0.511 e. The maximum absolute atomic E-state index is 13.1. The molecule has 3 heterocycles. The summed E-state index contributed by atoms with van der Waals surface area (Å²) in [6.45, 7) is 1.48. The third-order valence-corrected chi connectivity index (χ3v) is 7.16. The lowest BCUT2D eigenvalue weighted by atomic mass is 9.82. The maximum Gasteiger partial charge on any atom is 0.172 e. The van der Waals surface area contributed by atoms with Crippen molar-refractivity contribution in [1.82, 2.24) is 14.9 Å². The van der Waals surface area contributed by atoms with Gasteiger partial charge in [-0.2, -0.15) is 0 Å². The van der Waals surface area contributed by atoms with Gasteiger partial charge in [-0.3, -0.25) is 14.8 Å². The standard InChI is InChI=1S/C28H28N4O3/c1-32(2)15-17-4-3-16-9-21-23-14-29-13-18(23)10-20(16)27(17)30-6-5-19-11-22-24(33)12-25(34)26(21)28(22)31-7-8-35-19/h7-11,13-14,17,31,34H,3-6,12,15H2,1-2H3. The molecule has 7 nitrogen and oxygen atoms in total. The molecule has 1 aromatic rings. The fourth-order valence-corrected chi connectivity index (χ4v) is 5.62. The Hall–Kier alpha value is -3.71. The van der Waals surface area contributed by atoms with E-state index < -0.39 is 0 Å². The van der Waals surface area contributed by atoms with Crippen molar-refractivity contribution in [2.45, 2.75) is 25.7 Å². The smallest absolute Gasteiger partial charge is 0.172 e. The van der Waals surface area contributed by atoms with Gasteiger partial charge in [-0.1, -0.05) is 0 Å². The van der Waals surface area contributed by atoms with Crippen LogP contribution in [0.2, 0.25) is 0 Å². The van der Waals surface area contributed by atoms with Crippen LogP contribution < -0.4 is 0 Å². The van der Waals surface area contributed by atoms with Crippen LogP contribution in [-0.4, -0.2) is 58.7 Å². The Morgan fingerprint density at radius 1 is 1.11 bits per heavy atom. The van der Waals surface area contributed by atoms with Gasteiger partial charge in [0.15, 0.2) is 5.78 Å². The number of carbonyl (C=O) groups excluding carboxylic acids is 1. The lowest BCUT2D eigenvalue weighted by molar-refractivity contribution is 0.0977. The minimum Gasteiger partial charge on any atom is -0.511 e. The van der Waals surface area contributed by atoms with E-state index in [1.165, 1.54) is 5.56 Å². The molecule has 1 unspecified atom stereocenters. The molecule has 8 bridgehead atoms. The van der Waals surface area contributed by atoms with Crippen LogP contribution in [0.1, 0.15) is 51.3 Å². The summed E-state index contributed by atoms with van der Waals surface area (Å²) in [5.41, 5.74) is 8.04. The summed E-state index contributed by atoms with van der Waals surface area (Å²) in [7, 11) is 4.20. The molecule has 0 saturated carbocycles. The number of H-pyrrole nitrogens is 1. The Morgan fingerprint density at radius 2 is 2.00 bits per heavy atom. The van der Waals surface area contributed by atoms with Crippen LogP contribution in [0.15, 0.2) is 58.2 Å². The first-order chi connectivity index (χ1) is 17.0. The number of aliphatic hydroxyl groups excluding tert-OH is 1. The van der Waals surface area contributed by atoms with Gasteiger partial charge in [0.2, 0.25) is 0 Å². The Kier molecular flexibility index (Phi) is 5.29. The van der Waals surface area contributed by atoms with Gasteiger partial charge in [0, 0.05) is 72.0 Å². The number of carbonyl (C=O) groups is 1. The van der Waals surface area contributed by atoms with Gasteiger partial charge in [0.05, 0.1) is 12.1 Å². The lowest BCUT2D eigenvalue weighted by Crippen LogP contribution is -2.32. The monoisotopic (exact) mass is 468 g/mol. The second-order valence-corrected chi connectivity index (χ2v) is 9.82. The van der Waals surface area contributed by atoms with Crippen LogP contribution in [0.5, 0.6) is 0 Å². The number of ketones is 1. The Morgan fingerprint density at radius 3 is 2.86 bits per heavy atom. The first kappa shape index (κ1) is 21.8. The van der Waals surface area contributed by atoms with E-state index in [0.29, 0.717) is 41.5 Å². The number of nitrogens with one attached hydrogen (secondary N) is 1. The number of rotatable bonds is 2. The summed E-state index contributed by atoms with van der Waals surface area (Å²) in [6, 6.07) is 6.19. The molecule has 6 rings (SSSR count). The highest BCUT2D eigenvalue weighted by Gasteiger charge is 2.32. The number of fused-ring (bicyclic) bond motifs is 5. The van der Waals surface area contributed by atoms with Crippen molar-refractivity contribution in [2.75, 3.05) is 27.2 Å². The Labute approximate surface area is 203 Å². The molecule has 7 heteroatoms. The van der Waals surface area contributed by atoms with Crippen molar-refractivity contribution in [3.8, 4) is 11.1 Å². The highest BCUT2D eigenvalue weighted by molar-refractivity contribution is 6.09. The Bertz CT molecular complexity index is 1420. The molecule has 0 aromatic carbocycles. The number of hydrogen-bond donors (Lipinski definition) is 2. The average molecular weight is 469 g/mol. The highest BCUT2D eigenvalue weighted by Crippen LogP contribution is 2.41. The van der Waals surface area contributed by atoms with Gasteiger partial charge in [0.25, 0.3) is 0 Å². The predicted molar refractivity (Wildman–Crippen MR) is 135 cm³/mol. The number of aliphatic hydroxyl groups is 1. The zero-order valence-electron chi connectivity index (χ0n) is 20.0. The number of aromatic amines is 1. The van der Waals surface area contributed by atoms with Gasteiger partial charge in [-0.15, -0.1) is 0 Å². The quantitative estimate of drug-likeness (QED) is 0.573. The zero-order chi connectivity index (χ0) is 24.1. The normalized spacial score (nSPS) is 18.9. The van der Waals surface area contributed by atoms with E-state index in [9.17, 15) is 9.90 Å². The molecule has 1 aromatic heterocycles. The van der Waals surface area contributed by atoms with Crippen LogP contribution >= 0.6 is 0 Å². The molecule has 1 atom stereocenters. The van der Waals surface area contributed by atoms with E-state index in [0.717, 1.165) is 47.4 Å². The molecule has 35 heavy (non-hydrogen) atoms. The second-order valence-electron chi connectivity index (χ2n) is 9.82. The molecule has 0 saturated heterocycles. The van der Waals surface area contributed by atoms with Crippen molar-refractivity contribution in [2.24, 2.45) is 10.9 Å². The van der Waals surface area contributed by atoms with Gasteiger partial charge >= 0.3 is 0 Å². The number of aromatic nitrogens is 2. The highest BCUT2D eigenvalue weighted by atomic mass is 16.3. The van der Waals surface area contributed by atoms with E-state index in [-0.39, 0.29) is 18.0 Å². The van der Waals surface area contributed by atoms with Gasteiger partial charge < -0.3 is 19.4 Å². The van der Waals surface area contributed by atoms with Crippen molar-refractivity contribution in [3.63, 3.8) is 0 Å². The molecule has 0 amide bonds. The number of aliphatic imine (C=N–C) groups is 1. The molecular formula is C28H28N4O3. The third-order valence-electron chi connectivity index (χ3n) is 7.16. The fraction of sp³-hybridized carbons (Fsp3) is 0.321.